The molecule has 0 radical (unpaired) electrons. The van der Waals surface area contributed by atoms with E-state index < -0.39 is 28.2 Å². The molecule has 3 aromatic carbocycles. The van der Waals surface area contributed by atoms with E-state index in [1.54, 1.807) is 49.4 Å². The van der Waals surface area contributed by atoms with E-state index in [4.69, 9.17) is 4.74 Å². The van der Waals surface area contributed by atoms with Crippen LogP contribution < -0.4 is 9.64 Å². The SMILES string of the molecule is COc1cc(/C=C2\C(=O)N(c3ccccc3C)C(=O)c3ccccc32)cc([N+](=O)[O-])c1O. The molecule has 1 aliphatic heterocycles. The molecule has 0 aromatic heterocycles. The Morgan fingerprint density at radius 1 is 1.00 bits per heavy atom. The van der Waals surface area contributed by atoms with Gasteiger partial charge in [-0.15, -0.1) is 0 Å². The Kier molecular flexibility index (Phi) is 5.19. The van der Waals surface area contributed by atoms with E-state index in [9.17, 15) is 24.8 Å². The summed E-state index contributed by atoms with van der Waals surface area (Å²) in [5.74, 6) is -1.72. The fraction of sp³-hybridized carbons (Fsp3) is 0.0833. The molecule has 0 aliphatic carbocycles. The van der Waals surface area contributed by atoms with Crippen molar-refractivity contribution in [3.05, 3.63) is 93.0 Å². The van der Waals surface area contributed by atoms with Crippen molar-refractivity contribution < 1.29 is 24.4 Å². The molecule has 32 heavy (non-hydrogen) atoms. The number of fused-ring (bicyclic) bond motifs is 1. The van der Waals surface area contributed by atoms with Gasteiger partial charge in [-0.1, -0.05) is 36.4 Å². The molecule has 2 amide bonds. The molecule has 8 heteroatoms. The Balaban J connectivity index is 1.95. The maximum Gasteiger partial charge on any atom is 0.315 e. The molecule has 0 spiro atoms. The van der Waals surface area contributed by atoms with Gasteiger partial charge in [0, 0.05) is 17.2 Å². The lowest BCUT2D eigenvalue weighted by Gasteiger charge is -2.29. The number of para-hydroxylation sites is 1. The summed E-state index contributed by atoms with van der Waals surface area (Å²) in [6.07, 6.45) is 1.45. The third-order valence-electron chi connectivity index (χ3n) is 5.25. The van der Waals surface area contributed by atoms with Gasteiger partial charge >= 0.3 is 5.69 Å². The smallest absolute Gasteiger partial charge is 0.315 e. The van der Waals surface area contributed by atoms with Crippen molar-refractivity contribution in [3.8, 4) is 11.5 Å². The monoisotopic (exact) mass is 430 g/mol. The summed E-state index contributed by atoms with van der Waals surface area (Å²) in [6, 6.07) is 16.3. The topological polar surface area (TPSA) is 110 Å². The van der Waals surface area contributed by atoms with E-state index in [2.05, 4.69) is 0 Å². The van der Waals surface area contributed by atoms with Gasteiger partial charge < -0.3 is 9.84 Å². The number of imide groups is 1. The molecule has 1 N–H and O–H groups in total. The molecule has 0 saturated heterocycles. The first kappa shape index (κ1) is 20.8. The second-order valence-corrected chi connectivity index (χ2v) is 7.18. The van der Waals surface area contributed by atoms with Crippen LogP contribution in [0.4, 0.5) is 11.4 Å². The van der Waals surface area contributed by atoms with Gasteiger partial charge in [0.1, 0.15) is 0 Å². The highest BCUT2D eigenvalue weighted by atomic mass is 16.6. The highest BCUT2D eigenvalue weighted by Crippen LogP contribution is 2.39. The number of amides is 2. The van der Waals surface area contributed by atoms with E-state index in [-0.39, 0.29) is 16.9 Å². The first-order valence-electron chi connectivity index (χ1n) is 9.64. The summed E-state index contributed by atoms with van der Waals surface area (Å²) in [5.41, 5.74) is 1.85. The van der Waals surface area contributed by atoms with Crippen molar-refractivity contribution in [3.63, 3.8) is 0 Å². The van der Waals surface area contributed by atoms with Crippen molar-refractivity contribution in [1.82, 2.24) is 0 Å². The summed E-state index contributed by atoms with van der Waals surface area (Å²) in [6.45, 7) is 1.80. The first-order valence-corrected chi connectivity index (χ1v) is 9.64. The number of hydrogen-bond donors (Lipinski definition) is 1. The van der Waals surface area contributed by atoms with Crippen LogP contribution in [0.5, 0.6) is 11.5 Å². The van der Waals surface area contributed by atoms with Crippen molar-refractivity contribution in [2.45, 2.75) is 6.92 Å². The number of nitro groups is 1. The Morgan fingerprint density at radius 3 is 2.31 bits per heavy atom. The van der Waals surface area contributed by atoms with Gasteiger partial charge in [0.25, 0.3) is 11.8 Å². The maximum absolute atomic E-state index is 13.5. The highest BCUT2D eigenvalue weighted by Gasteiger charge is 2.36. The minimum atomic E-state index is -0.736. The number of nitro benzene ring substituents is 1. The molecular weight excluding hydrogens is 412 g/mol. The van der Waals surface area contributed by atoms with Crippen molar-refractivity contribution in [2.75, 3.05) is 12.0 Å². The van der Waals surface area contributed by atoms with Crippen molar-refractivity contribution in [2.24, 2.45) is 0 Å². The van der Waals surface area contributed by atoms with Crippen LogP contribution in [0.1, 0.15) is 27.0 Å². The Morgan fingerprint density at radius 2 is 1.66 bits per heavy atom. The number of hydrogen-bond acceptors (Lipinski definition) is 6. The van der Waals surface area contributed by atoms with Crippen LogP contribution in [0.15, 0.2) is 60.7 Å². The molecule has 4 rings (SSSR count). The number of rotatable bonds is 4. The fourth-order valence-corrected chi connectivity index (χ4v) is 3.68. The molecular formula is C24H18N2O6. The standard InChI is InChI=1S/C24H18N2O6/c1-14-7-3-6-10-19(14)25-23(28)17-9-5-4-8-16(17)18(24(25)29)11-15-12-20(26(30)31)22(27)21(13-15)32-2/h3-13,27H,1-2H3/b18-11-. The van der Waals surface area contributed by atoms with Gasteiger partial charge in [0.15, 0.2) is 5.75 Å². The average Bonchev–Trinajstić information content (AvgIpc) is 2.78. The number of aryl methyl sites for hydroxylation is 1. The summed E-state index contributed by atoms with van der Waals surface area (Å²) in [5, 5.41) is 21.4. The molecule has 160 valence electrons. The number of ether oxygens (including phenoxy) is 1. The number of nitrogens with zero attached hydrogens (tertiary/aromatic N) is 2. The number of anilines is 1. The van der Waals surface area contributed by atoms with Crippen LogP contribution in [0, 0.1) is 17.0 Å². The second-order valence-electron chi connectivity index (χ2n) is 7.18. The maximum atomic E-state index is 13.5. The van der Waals surface area contributed by atoms with Crippen LogP contribution in [0.25, 0.3) is 11.6 Å². The Hall–Kier alpha value is -4.46. The van der Waals surface area contributed by atoms with Gasteiger partial charge in [-0.2, -0.15) is 0 Å². The molecule has 0 saturated carbocycles. The molecule has 0 atom stereocenters. The molecule has 0 fully saturated rings. The van der Waals surface area contributed by atoms with Gasteiger partial charge in [0.05, 0.1) is 17.7 Å². The van der Waals surface area contributed by atoms with Gasteiger partial charge in [-0.25, -0.2) is 4.90 Å². The summed E-state index contributed by atoms with van der Waals surface area (Å²) >= 11 is 0. The number of methoxy groups -OCH3 is 1. The van der Waals surface area contributed by atoms with Crippen LogP contribution in [0.3, 0.4) is 0 Å². The van der Waals surface area contributed by atoms with Crippen molar-refractivity contribution >= 4 is 34.8 Å². The molecule has 1 heterocycles. The minimum absolute atomic E-state index is 0.102. The number of phenols is 1. The predicted octanol–water partition coefficient (Wildman–Crippen LogP) is 4.35. The van der Waals surface area contributed by atoms with Crippen LogP contribution in [0.2, 0.25) is 0 Å². The number of aromatic hydroxyl groups is 1. The predicted molar refractivity (Wildman–Crippen MR) is 119 cm³/mol. The molecule has 0 bridgehead atoms. The van der Waals surface area contributed by atoms with E-state index in [0.717, 1.165) is 16.5 Å². The normalized spacial score (nSPS) is 14.4. The number of carbonyl (C=O) groups excluding carboxylic acids is 2. The van der Waals surface area contributed by atoms with Gasteiger partial charge in [-0.05, 0) is 47.9 Å². The van der Waals surface area contributed by atoms with E-state index >= 15 is 0 Å². The lowest BCUT2D eigenvalue weighted by molar-refractivity contribution is -0.386. The molecule has 3 aromatic rings. The summed E-state index contributed by atoms with van der Waals surface area (Å²) in [4.78, 5) is 38.5. The first-order chi connectivity index (χ1) is 15.3. The lowest BCUT2D eigenvalue weighted by atomic mass is 9.91. The largest absolute Gasteiger partial charge is 0.500 e. The quantitative estimate of drug-likeness (QED) is 0.285. The Labute approximate surface area is 183 Å². The van der Waals surface area contributed by atoms with Crippen LogP contribution in [-0.2, 0) is 4.79 Å². The highest BCUT2D eigenvalue weighted by molar-refractivity contribution is 6.43. The molecule has 8 nitrogen and oxygen atoms in total. The number of benzene rings is 3. The van der Waals surface area contributed by atoms with E-state index in [1.807, 2.05) is 6.07 Å². The van der Waals surface area contributed by atoms with Gasteiger partial charge in [0.2, 0.25) is 5.75 Å². The van der Waals surface area contributed by atoms with E-state index in [0.29, 0.717) is 16.8 Å². The zero-order chi connectivity index (χ0) is 23.0. The van der Waals surface area contributed by atoms with E-state index in [1.165, 1.54) is 19.3 Å². The fourth-order valence-electron chi connectivity index (χ4n) is 3.68. The third kappa shape index (κ3) is 3.37. The number of phenolic OH excluding ortho intramolecular Hbond substituents is 1. The summed E-state index contributed by atoms with van der Waals surface area (Å²) < 4.78 is 5.05. The average molecular weight is 430 g/mol. The van der Waals surface area contributed by atoms with Crippen molar-refractivity contribution in [1.29, 1.82) is 0 Å². The van der Waals surface area contributed by atoms with Crippen LogP contribution in [-0.4, -0.2) is 29.0 Å². The lowest BCUT2D eigenvalue weighted by Crippen LogP contribution is -2.42. The number of carbonyl (C=O) groups is 2. The Bertz CT molecular complexity index is 1310. The molecule has 1 aliphatic rings. The molecule has 0 unspecified atom stereocenters. The minimum Gasteiger partial charge on any atom is -0.500 e. The van der Waals surface area contributed by atoms with Crippen LogP contribution >= 0.6 is 0 Å². The summed E-state index contributed by atoms with van der Waals surface area (Å²) in [7, 11) is 1.27. The third-order valence-corrected chi connectivity index (χ3v) is 5.25. The van der Waals surface area contributed by atoms with Gasteiger partial charge in [-0.3, -0.25) is 19.7 Å². The second kappa shape index (κ2) is 7.99. The zero-order valence-electron chi connectivity index (χ0n) is 17.2. The zero-order valence-corrected chi connectivity index (χ0v) is 17.2.